The molecule has 0 saturated heterocycles. The van der Waals surface area contributed by atoms with Gasteiger partial charge in [0.2, 0.25) is 0 Å². The largest absolute Gasteiger partial charge is 0.383 e. The van der Waals surface area contributed by atoms with Gasteiger partial charge in [-0.3, -0.25) is 0 Å². The predicted octanol–water partition coefficient (Wildman–Crippen LogP) is 3.80. The zero-order valence-electron chi connectivity index (χ0n) is 7.61. The van der Waals surface area contributed by atoms with Crippen molar-refractivity contribution in [3.63, 3.8) is 0 Å². The molecule has 0 aliphatic carbocycles. The van der Waals surface area contributed by atoms with Crippen molar-refractivity contribution >= 4 is 21.6 Å². The van der Waals surface area contributed by atoms with E-state index >= 15 is 0 Å². The highest BCUT2D eigenvalue weighted by atomic mass is 79.9. The van der Waals surface area contributed by atoms with Crippen LogP contribution in [0.25, 0.3) is 0 Å². The summed E-state index contributed by atoms with van der Waals surface area (Å²) in [5.74, 6) is -0.195. The maximum absolute atomic E-state index is 13.1. The molecule has 0 radical (unpaired) electrons. The van der Waals surface area contributed by atoms with Crippen molar-refractivity contribution in [2.75, 3.05) is 11.9 Å². The third-order valence-corrected chi connectivity index (χ3v) is 2.27. The SMILES string of the molecule is CCCCNc1cc(Br)ccc1F. The molecule has 0 unspecified atom stereocenters. The molecule has 0 heterocycles. The molecule has 3 heteroatoms. The van der Waals surface area contributed by atoms with Crippen LogP contribution in [-0.2, 0) is 0 Å². The minimum Gasteiger partial charge on any atom is -0.383 e. The number of nitrogens with one attached hydrogen (secondary N) is 1. The van der Waals surface area contributed by atoms with E-state index in [1.54, 1.807) is 12.1 Å². The second-order valence-electron chi connectivity index (χ2n) is 2.90. The zero-order valence-corrected chi connectivity index (χ0v) is 9.20. The van der Waals surface area contributed by atoms with E-state index in [-0.39, 0.29) is 5.82 Å². The van der Waals surface area contributed by atoms with Crippen LogP contribution in [-0.4, -0.2) is 6.54 Å². The number of anilines is 1. The van der Waals surface area contributed by atoms with Gasteiger partial charge in [0.15, 0.2) is 0 Å². The molecule has 13 heavy (non-hydrogen) atoms. The van der Waals surface area contributed by atoms with Gasteiger partial charge in [-0.25, -0.2) is 4.39 Å². The average Bonchev–Trinajstić information content (AvgIpc) is 2.11. The Morgan fingerprint density at radius 2 is 2.23 bits per heavy atom. The predicted molar refractivity (Wildman–Crippen MR) is 57.5 cm³/mol. The molecule has 0 saturated carbocycles. The minimum absolute atomic E-state index is 0.195. The molecule has 1 nitrogen and oxygen atoms in total. The third-order valence-electron chi connectivity index (χ3n) is 1.77. The average molecular weight is 246 g/mol. The highest BCUT2D eigenvalue weighted by Crippen LogP contribution is 2.19. The Hall–Kier alpha value is -0.570. The maximum atomic E-state index is 13.1. The Kier molecular flexibility index (Phi) is 4.22. The molecule has 0 aliphatic rings. The first-order valence-corrected chi connectivity index (χ1v) is 5.22. The first-order valence-electron chi connectivity index (χ1n) is 4.43. The highest BCUT2D eigenvalue weighted by Gasteiger charge is 2.00. The Bertz CT molecular complexity index is 276. The molecule has 0 amide bonds. The van der Waals surface area contributed by atoms with E-state index in [0.717, 1.165) is 23.9 Å². The van der Waals surface area contributed by atoms with Crippen molar-refractivity contribution in [3.05, 3.63) is 28.5 Å². The first-order chi connectivity index (χ1) is 6.24. The van der Waals surface area contributed by atoms with Crippen LogP contribution in [0, 0.1) is 5.82 Å². The number of benzene rings is 1. The molecule has 1 rings (SSSR count). The van der Waals surface area contributed by atoms with Crippen LogP contribution in [0.3, 0.4) is 0 Å². The lowest BCUT2D eigenvalue weighted by Crippen LogP contribution is -2.02. The fourth-order valence-corrected chi connectivity index (χ4v) is 1.39. The van der Waals surface area contributed by atoms with Gasteiger partial charge in [-0.2, -0.15) is 0 Å². The molecule has 0 bridgehead atoms. The van der Waals surface area contributed by atoms with Crippen LogP contribution >= 0.6 is 15.9 Å². The molecule has 1 N–H and O–H groups in total. The summed E-state index contributed by atoms with van der Waals surface area (Å²) >= 11 is 3.30. The fraction of sp³-hybridized carbons (Fsp3) is 0.400. The smallest absolute Gasteiger partial charge is 0.146 e. The second-order valence-corrected chi connectivity index (χ2v) is 3.82. The van der Waals surface area contributed by atoms with E-state index in [4.69, 9.17) is 0 Å². The van der Waals surface area contributed by atoms with Crippen LogP contribution in [0.4, 0.5) is 10.1 Å². The Labute approximate surface area is 86.5 Å². The molecule has 72 valence electrons. The summed E-state index contributed by atoms with van der Waals surface area (Å²) in [5, 5.41) is 3.05. The van der Waals surface area contributed by atoms with E-state index in [2.05, 4.69) is 28.2 Å². The fourth-order valence-electron chi connectivity index (χ4n) is 1.03. The zero-order chi connectivity index (χ0) is 9.68. The molecule has 1 aromatic rings. The molecule has 0 aromatic heterocycles. The normalized spacial score (nSPS) is 10.1. The summed E-state index contributed by atoms with van der Waals surface area (Å²) in [7, 11) is 0. The van der Waals surface area contributed by atoms with Crippen LogP contribution in [0.2, 0.25) is 0 Å². The lowest BCUT2D eigenvalue weighted by Gasteiger charge is -2.06. The van der Waals surface area contributed by atoms with E-state index in [0.29, 0.717) is 5.69 Å². The summed E-state index contributed by atoms with van der Waals surface area (Å²) in [5.41, 5.74) is 0.572. The van der Waals surface area contributed by atoms with Crippen LogP contribution < -0.4 is 5.32 Å². The Balaban J connectivity index is 2.59. The van der Waals surface area contributed by atoms with Gasteiger partial charge >= 0.3 is 0 Å². The summed E-state index contributed by atoms with van der Waals surface area (Å²) in [6, 6.07) is 4.91. The van der Waals surface area contributed by atoms with E-state index in [1.165, 1.54) is 6.07 Å². The number of hydrogen-bond acceptors (Lipinski definition) is 1. The Morgan fingerprint density at radius 1 is 1.46 bits per heavy atom. The van der Waals surface area contributed by atoms with Crippen molar-refractivity contribution < 1.29 is 4.39 Å². The first kappa shape index (κ1) is 10.5. The van der Waals surface area contributed by atoms with Crippen LogP contribution in [0.15, 0.2) is 22.7 Å². The second kappa shape index (κ2) is 5.22. The van der Waals surface area contributed by atoms with Gasteiger partial charge in [0.25, 0.3) is 0 Å². The van der Waals surface area contributed by atoms with Crippen molar-refractivity contribution in [1.82, 2.24) is 0 Å². The molecule has 0 spiro atoms. The lowest BCUT2D eigenvalue weighted by atomic mass is 10.3. The van der Waals surface area contributed by atoms with Gasteiger partial charge in [0.1, 0.15) is 5.82 Å². The van der Waals surface area contributed by atoms with Crippen molar-refractivity contribution in [1.29, 1.82) is 0 Å². The van der Waals surface area contributed by atoms with Crippen LogP contribution in [0.1, 0.15) is 19.8 Å². The molecular formula is C10H13BrFN. The summed E-state index contributed by atoms with van der Waals surface area (Å²) in [6.45, 7) is 2.93. The lowest BCUT2D eigenvalue weighted by molar-refractivity contribution is 0.629. The summed E-state index contributed by atoms with van der Waals surface area (Å²) < 4.78 is 14.0. The molecule has 0 fully saturated rings. The highest BCUT2D eigenvalue weighted by molar-refractivity contribution is 9.10. The van der Waals surface area contributed by atoms with Gasteiger partial charge in [0.05, 0.1) is 5.69 Å². The van der Waals surface area contributed by atoms with Gasteiger partial charge < -0.3 is 5.32 Å². The minimum atomic E-state index is -0.195. The topological polar surface area (TPSA) is 12.0 Å². The number of unbranched alkanes of at least 4 members (excludes halogenated alkanes) is 1. The van der Waals surface area contributed by atoms with Crippen molar-refractivity contribution in [3.8, 4) is 0 Å². The number of hydrogen-bond donors (Lipinski definition) is 1. The van der Waals surface area contributed by atoms with E-state index in [9.17, 15) is 4.39 Å². The molecule has 0 aliphatic heterocycles. The number of rotatable bonds is 4. The van der Waals surface area contributed by atoms with Crippen LogP contribution in [0.5, 0.6) is 0 Å². The summed E-state index contributed by atoms with van der Waals surface area (Å²) in [6.07, 6.45) is 2.18. The van der Waals surface area contributed by atoms with Gasteiger partial charge in [-0.1, -0.05) is 29.3 Å². The van der Waals surface area contributed by atoms with Crippen molar-refractivity contribution in [2.45, 2.75) is 19.8 Å². The molecule has 0 atom stereocenters. The monoisotopic (exact) mass is 245 g/mol. The van der Waals surface area contributed by atoms with E-state index < -0.39 is 0 Å². The van der Waals surface area contributed by atoms with Crippen molar-refractivity contribution in [2.24, 2.45) is 0 Å². The quantitative estimate of drug-likeness (QED) is 0.796. The van der Waals surface area contributed by atoms with Gasteiger partial charge in [-0.05, 0) is 24.6 Å². The van der Waals surface area contributed by atoms with Gasteiger partial charge in [0, 0.05) is 11.0 Å². The van der Waals surface area contributed by atoms with Gasteiger partial charge in [-0.15, -0.1) is 0 Å². The number of halogens is 2. The Morgan fingerprint density at radius 3 is 2.92 bits per heavy atom. The molecular weight excluding hydrogens is 233 g/mol. The maximum Gasteiger partial charge on any atom is 0.146 e. The summed E-state index contributed by atoms with van der Waals surface area (Å²) in [4.78, 5) is 0. The molecule has 1 aromatic carbocycles. The van der Waals surface area contributed by atoms with E-state index in [1.807, 2.05) is 0 Å². The standard InChI is InChI=1S/C10H13BrFN/c1-2-3-6-13-10-7-8(11)4-5-9(10)12/h4-5,7,13H,2-3,6H2,1H3. The third kappa shape index (κ3) is 3.35.